The normalized spacial score (nSPS) is 26.0. The zero-order valence-electron chi connectivity index (χ0n) is 12.1. The van der Waals surface area contributed by atoms with Crippen LogP contribution in [0.2, 0.25) is 0 Å². The van der Waals surface area contributed by atoms with E-state index < -0.39 is 0 Å². The van der Waals surface area contributed by atoms with Crippen molar-refractivity contribution >= 4 is 28.2 Å². The van der Waals surface area contributed by atoms with E-state index in [1.54, 1.807) is 0 Å². The van der Waals surface area contributed by atoms with Gasteiger partial charge in [0.15, 0.2) is 5.13 Å². The summed E-state index contributed by atoms with van der Waals surface area (Å²) in [4.78, 5) is 19.6. The molecule has 1 saturated heterocycles. The van der Waals surface area contributed by atoms with Crippen LogP contribution in [0.3, 0.4) is 0 Å². The van der Waals surface area contributed by atoms with Gasteiger partial charge in [-0.2, -0.15) is 0 Å². The first-order chi connectivity index (χ1) is 9.60. The summed E-state index contributed by atoms with van der Waals surface area (Å²) in [5.41, 5.74) is 5.95. The first-order valence-electron chi connectivity index (χ1n) is 7.45. The molecule has 1 aliphatic carbocycles. The highest BCUT2D eigenvalue weighted by Gasteiger charge is 2.35. The maximum Gasteiger partial charge on any atom is 0.268 e. The lowest BCUT2D eigenvalue weighted by Crippen LogP contribution is -2.39. The second-order valence-corrected chi connectivity index (χ2v) is 6.85. The quantitative estimate of drug-likeness (QED) is 0.895. The lowest BCUT2D eigenvalue weighted by Gasteiger charge is -2.27. The molecule has 3 N–H and O–H groups in total. The Balaban J connectivity index is 1.80. The third-order valence-electron chi connectivity index (χ3n) is 4.24. The number of hydrogen-bond acceptors (Lipinski definition) is 5. The molecule has 2 unspecified atom stereocenters. The summed E-state index contributed by atoms with van der Waals surface area (Å²) < 4.78 is 0. The van der Waals surface area contributed by atoms with Crippen LogP contribution >= 0.6 is 11.3 Å². The standard InChI is InChI=1S/C14H22N4OS/c1-3-10-7-4-8(2)18(10)13(19)11-12(15)17-14(20-11)16-9-5-6-9/h8-10H,3-7,15H2,1-2H3,(H,16,17). The minimum atomic E-state index is 0.0562. The third-order valence-corrected chi connectivity index (χ3v) is 5.23. The Morgan fingerprint density at radius 2 is 2.20 bits per heavy atom. The van der Waals surface area contributed by atoms with Crippen LogP contribution < -0.4 is 11.1 Å². The zero-order chi connectivity index (χ0) is 14.3. The predicted molar refractivity (Wildman–Crippen MR) is 82.1 cm³/mol. The molecule has 6 heteroatoms. The van der Waals surface area contributed by atoms with Crippen molar-refractivity contribution in [3.05, 3.63) is 4.88 Å². The highest BCUT2D eigenvalue weighted by molar-refractivity contribution is 7.18. The second-order valence-electron chi connectivity index (χ2n) is 5.85. The molecule has 110 valence electrons. The van der Waals surface area contributed by atoms with Gasteiger partial charge >= 0.3 is 0 Å². The molecule has 2 aliphatic rings. The van der Waals surface area contributed by atoms with Gasteiger partial charge in [0.25, 0.3) is 5.91 Å². The minimum absolute atomic E-state index is 0.0562. The van der Waals surface area contributed by atoms with Crippen molar-refractivity contribution in [1.29, 1.82) is 0 Å². The number of likely N-dealkylation sites (tertiary alicyclic amines) is 1. The van der Waals surface area contributed by atoms with Gasteiger partial charge < -0.3 is 16.0 Å². The van der Waals surface area contributed by atoms with Gasteiger partial charge in [-0.15, -0.1) is 0 Å². The van der Waals surface area contributed by atoms with Crippen LogP contribution in [0.1, 0.15) is 55.6 Å². The molecule has 3 rings (SSSR count). The van der Waals surface area contributed by atoms with Crippen molar-refractivity contribution in [3.63, 3.8) is 0 Å². The van der Waals surface area contributed by atoms with Gasteiger partial charge in [0, 0.05) is 18.1 Å². The second kappa shape index (κ2) is 5.24. The number of hydrogen-bond donors (Lipinski definition) is 2. The molecule has 1 aliphatic heterocycles. The smallest absolute Gasteiger partial charge is 0.268 e. The lowest BCUT2D eigenvalue weighted by atomic mass is 10.1. The van der Waals surface area contributed by atoms with Crippen molar-refractivity contribution in [3.8, 4) is 0 Å². The van der Waals surface area contributed by atoms with E-state index in [1.807, 2.05) is 4.90 Å². The van der Waals surface area contributed by atoms with Gasteiger partial charge in [-0.3, -0.25) is 4.79 Å². The summed E-state index contributed by atoms with van der Waals surface area (Å²) >= 11 is 1.40. The first-order valence-corrected chi connectivity index (χ1v) is 8.27. The van der Waals surface area contributed by atoms with E-state index >= 15 is 0 Å². The van der Waals surface area contributed by atoms with Crippen LogP contribution in [-0.4, -0.2) is 33.9 Å². The molecule has 20 heavy (non-hydrogen) atoms. The van der Waals surface area contributed by atoms with E-state index in [0.29, 0.717) is 28.8 Å². The summed E-state index contributed by atoms with van der Waals surface area (Å²) in [5.74, 6) is 0.429. The summed E-state index contributed by atoms with van der Waals surface area (Å²) in [6.07, 6.45) is 5.54. The van der Waals surface area contributed by atoms with Crippen molar-refractivity contribution in [2.45, 2.75) is 64.1 Å². The number of anilines is 2. The fraction of sp³-hybridized carbons (Fsp3) is 0.714. The number of aromatic nitrogens is 1. The molecule has 5 nitrogen and oxygen atoms in total. The molecule has 0 bridgehead atoms. The maximum absolute atomic E-state index is 12.8. The van der Waals surface area contributed by atoms with Crippen molar-refractivity contribution in [2.75, 3.05) is 11.1 Å². The monoisotopic (exact) mass is 294 g/mol. The number of nitrogen functional groups attached to an aromatic ring is 1. The predicted octanol–water partition coefficient (Wildman–Crippen LogP) is 2.70. The summed E-state index contributed by atoms with van der Waals surface area (Å²) in [7, 11) is 0. The minimum Gasteiger partial charge on any atom is -0.382 e. The number of carbonyl (C=O) groups is 1. The van der Waals surface area contributed by atoms with E-state index in [-0.39, 0.29) is 5.91 Å². The number of nitrogens with zero attached hydrogens (tertiary/aromatic N) is 2. The van der Waals surface area contributed by atoms with Crippen LogP contribution in [0.25, 0.3) is 0 Å². The van der Waals surface area contributed by atoms with Crippen LogP contribution in [0.15, 0.2) is 0 Å². The Labute approximate surface area is 123 Å². The van der Waals surface area contributed by atoms with E-state index in [1.165, 1.54) is 24.2 Å². The van der Waals surface area contributed by atoms with Crippen molar-refractivity contribution in [1.82, 2.24) is 9.88 Å². The fourth-order valence-electron chi connectivity index (χ4n) is 2.90. The molecule has 0 radical (unpaired) electrons. The van der Waals surface area contributed by atoms with Gasteiger partial charge in [-0.05, 0) is 39.0 Å². The Kier molecular flexibility index (Phi) is 3.58. The Morgan fingerprint density at radius 1 is 1.45 bits per heavy atom. The Hall–Kier alpha value is -1.30. The molecule has 1 aromatic rings. The van der Waals surface area contributed by atoms with Crippen molar-refractivity contribution < 1.29 is 4.79 Å². The highest BCUT2D eigenvalue weighted by Crippen LogP contribution is 2.34. The number of rotatable bonds is 4. The van der Waals surface area contributed by atoms with Gasteiger partial charge in [0.1, 0.15) is 10.7 Å². The van der Waals surface area contributed by atoms with E-state index in [9.17, 15) is 4.79 Å². The average Bonchev–Trinajstić information content (AvgIpc) is 3.03. The first kappa shape index (κ1) is 13.7. The Morgan fingerprint density at radius 3 is 2.85 bits per heavy atom. The molecule has 2 fully saturated rings. The number of thiazole rings is 1. The molecule has 2 heterocycles. The van der Waals surface area contributed by atoms with Crippen molar-refractivity contribution in [2.24, 2.45) is 0 Å². The van der Waals surface area contributed by atoms with Crippen LogP contribution in [0, 0.1) is 0 Å². The number of nitrogens with two attached hydrogens (primary N) is 1. The lowest BCUT2D eigenvalue weighted by molar-refractivity contribution is 0.0682. The van der Waals surface area contributed by atoms with Crippen LogP contribution in [0.4, 0.5) is 10.9 Å². The Bertz CT molecular complexity index is 511. The topological polar surface area (TPSA) is 71.2 Å². The average molecular weight is 294 g/mol. The SMILES string of the molecule is CCC1CCC(C)N1C(=O)c1sc(NC2CC2)nc1N. The van der Waals surface area contributed by atoms with Crippen LogP contribution in [0.5, 0.6) is 0 Å². The molecular formula is C14H22N4OS. The molecule has 2 atom stereocenters. The summed E-state index contributed by atoms with van der Waals surface area (Å²) in [6, 6.07) is 1.17. The van der Waals surface area contributed by atoms with E-state index in [2.05, 4.69) is 24.1 Å². The fourth-order valence-corrected chi connectivity index (χ4v) is 3.81. The van der Waals surface area contributed by atoms with Gasteiger partial charge in [0.2, 0.25) is 0 Å². The summed E-state index contributed by atoms with van der Waals surface area (Å²) in [5, 5.41) is 4.10. The largest absolute Gasteiger partial charge is 0.382 e. The van der Waals surface area contributed by atoms with E-state index in [0.717, 1.165) is 24.4 Å². The van der Waals surface area contributed by atoms with Gasteiger partial charge in [-0.25, -0.2) is 4.98 Å². The molecule has 1 saturated carbocycles. The third kappa shape index (κ3) is 2.49. The van der Waals surface area contributed by atoms with Gasteiger partial charge in [-0.1, -0.05) is 18.3 Å². The molecule has 0 spiro atoms. The maximum atomic E-state index is 12.8. The van der Waals surface area contributed by atoms with E-state index in [4.69, 9.17) is 5.73 Å². The van der Waals surface area contributed by atoms with Gasteiger partial charge in [0.05, 0.1) is 0 Å². The summed E-state index contributed by atoms with van der Waals surface area (Å²) in [6.45, 7) is 4.26. The molecular weight excluding hydrogens is 272 g/mol. The number of carbonyl (C=O) groups excluding carboxylic acids is 1. The highest BCUT2D eigenvalue weighted by atomic mass is 32.1. The number of amides is 1. The molecule has 1 amide bonds. The van der Waals surface area contributed by atoms with Crippen LogP contribution in [-0.2, 0) is 0 Å². The molecule has 1 aromatic heterocycles. The number of nitrogens with one attached hydrogen (secondary N) is 1. The zero-order valence-corrected chi connectivity index (χ0v) is 12.9. The molecule has 0 aromatic carbocycles.